The normalized spacial score (nSPS) is 20.9. The number of rotatable bonds is 1. The molecule has 104 valence electrons. The van der Waals surface area contributed by atoms with Crippen LogP contribution in [0.15, 0.2) is 11.8 Å². The van der Waals surface area contributed by atoms with Crippen LogP contribution in [0.2, 0.25) is 0 Å². The lowest BCUT2D eigenvalue weighted by Gasteiger charge is -2.26. The maximum absolute atomic E-state index is 12.5. The van der Waals surface area contributed by atoms with Crippen molar-refractivity contribution >= 4 is 6.09 Å². The van der Waals surface area contributed by atoms with Crippen LogP contribution in [0.5, 0.6) is 0 Å². The number of aliphatic hydroxyl groups excluding tert-OH is 1. The quantitative estimate of drug-likeness (QED) is 0.793. The molecule has 1 rings (SSSR count). The highest BCUT2D eigenvalue weighted by Gasteiger charge is 2.42. The Morgan fingerprint density at radius 2 is 2.06 bits per heavy atom. The van der Waals surface area contributed by atoms with Gasteiger partial charge in [0.05, 0.1) is 18.2 Å². The number of amides is 1. The van der Waals surface area contributed by atoms with Gasteiger partial charge in [-0.3, -0.25) is 4.90 Å². The van der Waals surface area contributed by atoms with Gasteiger partial charge in [0.1, 0.15) is 5.60 Å². The first kappa shape index (κ1) is 14.8. The van der Waals surface area contributed by atoms with Crippen LogP contribution in [-0.2, 0) is 4.74 Å². The fourth-order valence-corrected chi connectivity index (χ4v) is 1.54. The zero-order chi connectivity index (χ0) is 14.1. The largest absolute Gasteiger partial charge is 0.443 e. The Balaban J connectivity index is 2.86. The highest BCUT2D eigenvalue weighted by molar-refractivity contribution is 5.71. The molecule has 0 saturated heterocycles. The van der Waals surface area contributed by atoms with Gasteiger partial charge in [-0.25, -0.2) is 4.79 Å². The summed E-state index contributed by atoms with van der Waals surface area (Å²) < 4.78 is 42.5. The Kier molecular flexibility index (Phi) is 3.95. The van der Waals surface area contributed by atoms with Crippen molar-refractivity contribution in [2.45, 2.75) is 45.0 Å². The molecule has 1 atom stereocenters. The number of nitrogens with zero attached hydrogens (tertiary/aromatic N) is 1. The number of carbonyl (C=O) groups is 1. The summed E-state index contributed by atoms with van der Waals surface area (Å²) >= 11 is 0. The third-order valence-electron chi connectivity index (χ3n) is 2.32. The number of alkyl halides is 3. The molecule has 1 unspecified atom stereocenters. The predicted octanol–water partition coefficient (Wildman–Crippen LogP) is 2.43. The van der Waals surface area contributed by atoms with Crippen LogP contribution in [-0.4, -0.2) is 40.5 Å². The van der Waals surface area contributed by atoms with Crippen LogP contribution in [0.3, 0.4) is 0 Å². The summed E-state index contributed by atoms with van der Waals surface area (Å²) in [4.78, 5) is 12.5. The van der Waals surface area contributed by atoms with Gasteiger partial charge in [-0.2, -0.15) is 13.2 Å². The van der Waals surface area contributed by atoms with E-state index >= 15 is 0 Å². The van der Waals surface area contributed by atoms with Gasteiger partial charge in [0.15, 0.2) is 0 Å². The van der Waals surface area contributed by atoms with Crippen molar-refractivity contribution in [3.63, 3.8) is 0 Å². The standard InChI is InChI=1S/C11H16F3NO3/c1-10(2,3)18-9(17)15-5-7(11(12,13)14)4-8(15)6-16/h5,8,16H,4,6H2,1-3H3. The van der Waals surface area contributed by atoms with E-state index in [1.165, 1.54) is 0 Å². The Hall–Kier alpha value is -1.24. The third-order valence-corrected chi connectivity index (χ3v) is 2.32. The third kappa shape index (κ3) is 3.63. The lowest BCUT2D eigenvalue weighted by atomic mass is 10.1. The molecule has 1 N–H and O–H groups in total. The molecule has 18 heavy (non-hydrogen) atoms. The molecule has 0 saturated carbocycles. The number of aliphatic hydroxyl groups is 1. The Morgan fingerprint density at radius 1 is 1.50 bits per heavy atom. The van der Waals surface area contributed by atoms with Crippen LogP contribution in [0, 0.1) is 0 Å². The molecule has 0 aromatic rings. The van der Waals surface area contributed by atoms with E-state index in [2.05, 4.69) is 0 Å². The topological polar surface area (TPSA) is 49.8 Å². The second-order valence-electron chi connectivity index (χ2n) is 5.08. The van der Waals surface area contributed by atoms with E-state index in [0.29, 0.717) is 6.20 Å². The molecule has 0 spiro atoms. The van der Waals surface area contributed by atoms with Crippen LogP contribution in [0.25, 0.3) is 0 Å². The van der Waals surface area contributed by atoms with E-state index in [-0.39, 0.29) is 0 Å². The molecule has 0 aliphatic carbocycles. The van der Waals surface area contributed by atoms with Crippen molar-refractivity contribution in [2.24, 2.45) is 0 Å². The van der Waals surface area contributed by atoms with Gasteiger partial charge >= 0.3 is 12.3 Å². The first-order chi connectivity index (χ1) is 8.04. The van der Waals surface area contributed by atoms with Gasteiger partial charge in [-0.1, -0.05) is 0 Å². The highest BCUT2D eigenvalue weighted by atomic mass is 19.4. The average molecular weight is 267 g/mol. The van der Waals surface area contributed by atoms with Crippen molar-refractivity contribution in [3.8, 4) is 0 Å². The molecule has 0 aromatic carbocycles. The number of ether oxygens (including phenoxy) is 1. The second-order valence-corrected chi connectivity index (χ2v) is 5.08. The molecule has 1 aliphatic heterocycles. The number of halogens is 3. The van der Waals surface area contributed by atoms with Crippen molar-refractivity contribution in [1.82, 2.24) is 4.90 Å². The summed E-state index contributed by atoms with van der Waals surface area (Å²) in [7, 11) is 0. The second kappa shape index (κ2) is 4.79. The summed E-state index contributed by atoms with van der Waals surface area (Å²) in [5.41, 5.74) is -1.64. The van der Waals surface area contributed by atoms with Crippen LogP contribution in [0.4, 0.5) is 18.0 Å². The van der Waals surface area contributed by atoms with Crippen LogP contribution < -0.4 is 0 Å². The molecular formula is C11H16F3NO3. The first-order valence-electron chi connectivity index (χ1n) is 5.44. The number of hydrogen-bond donors (Lipinski definition) is 1. The van der Waals surface area contributed by atoms with Crippen molar-refractivity contribution in [1.29, 1.82) is 0 Å². The average Bonchev–Trinajstić information content (AvgIpc) is 2.57. The van der Waals surface area contributed by atoms with Crippen molar-refractivity contribution < 1.29 is 27.8 Å². The van der Waals surface area contributed by atoms with E-state index < -0.39 is 42.5 Å². The molecule has 1 aliphatic rings. The molecule has 0 aromatic heterocycles. The lowest BCUT2D eigenvalue weighted by Crippen LogP contribution is -2.39. The smallest absolute Gasteiger partial charge is 0.414 e. The molecular weight excluding hydrogens is 251 g/mol. The lowest BCUT2D eigenvalue weighted by molar-refractivity contribution is -0.0935. The molecule has 0 radical (unpaired) electrons. The fourth-order valence-electron chi connectivity index (χ4n) is 1.54. The molecule has 1 heterocycles. The molecule has 7 heteroatoms. The van der Waals surface area contributed by atoms with Crippen LogP contribution >= 0.6 is 0 Å². The maximum atomic E-state index is 12.5. The summed E-state index contributed by atoms with van der Waals surface area (Å²) in [5, 5.41) is 9.02. The van der Waals surface area contributed by atoms with Gasteiger partial charge in [-0.05, 0) is 20.8 Å². The number of hydrogen-bond acceptors (Lipinski definition) is 3. The Morgan fingerprint density at radius 3 is 2.44 bits per heavy atom. The van der Waals surface area contributed by atoms with E-state index in [9.17, 15) is 18.0 Å². The molecule has 1 amide bonds. The van der Waals surface area contributed by atoms with Gasteiger partial charge in [0.2, 0.25) is 0 Å². The Bertz CT molecular complexity index is 358. The van der Waals surface area contributed by atoms with Crippen molar-refractivity contribution in [2.75, 3.05) is 6.61 Å². The van der Waals surface area contributed by atoms with Gasteiger partial charge in [0.25, 0.3) is 0 Å². The predicted molar refractivity (Wildman–Crippen MR) is 57.7 cm³/mol. The summed E-state index contributed by atoms with van der Waals surface area (Å²) in [5.74, 6) is 0. The fraction of sp³-hybridized carbons (Fsp3) is 0.727. The van der Waals surface area contributed by atoms with Gasteiger partial charge in [-0.15, -0.1) is 0 Å². The minimum absolute atomic E-state index is 0.417. The van der Waals surface area contributed by atoms with E-state index in [1.54, 1.807) is 20.8 Å². The van der Waals surface area contributed by atoms with Crippen LogP contribution in [0.1, 0.15) is 27.2 Å². The molecule has 0 bridgehead atoms. The monoisotopic (exact) mass is 267 g/mol. The molecule has 4 nitrogen and oxygen atoms in total. The first-order valence-corrected chi connectivity index (χ1v) is 5.44. The number of carbonyl (C=O) groups excluding carboxylic acids is 1. The Labute approximate surface area is 103 Å². The maximum Gasteiger partial charge on any atom is 0.414 e. The summed E-state index contributed by atoms with van der Waals surface area (Å²) in [6, 6.07) is -0.920. The van der Waals surface area contributed by atoms with Crippen molar-refractivity contribution in [3.05, 3.63) is 11.8 Å². The zero-order valence-electron chi connectivity index (χ0n) is 10.4. The molecule has 0 fully saturated rings. The minimum atomic E-state index is -4.50. The highest BCUT2D eigenvalue weighted by Crippen LogP contribution is 2.35. The van der Waals surface area contributed by atoms with E-state index in [0.717, 1.165) is 4.90 Å². The summed E-state index contributed by atoms with van der Waals surface area (Å²) in [6.45, 7) is 4.30. The SMILES string of the molecule is CC(C)(C)OC(=O)N1C=C(C(F)(F)F)CC1CO. The van der Waals surface area contributed by atoms with E-state index in [4.69, 9.17) is 9.84 Å². The minimum Gasteiger partial charge on any atom is -0.443 e. The van der Waals surface area contributed by atoms with E-state index in [1.807, 2.05) is 0 Å². The van der Waals surface area contributed by atoms with Gasteiger partial charge < -0.3 is 9.84 Å². The van der Waals surface area contributed by atoms with Gasteiger partial charge in [0, 0.05) is 12.6 Å². The summed E-state index contributed by atoms with van der Waals surface area (Å²) in [6.07, 6.45) is -5.10. The zero-order valence-corrected chi connectivity index (χ0v) is 10.4.